The van der Waals surface area contributed by atoms with Gasteiger partial charge in [-0.05, 0) is 18.2 Å². The van der Waals surface area contributed by atoms with Gasteiger partial charge in [0.25, 0.3) is 0 Å². The lowest BCUT2D eigenvalue weighted by Crippen LogP contribution is -1.88. The molecule has 18 heavy (non-hydrogen) atoms. The lowest BCUT2D eigenvalue weighted by molar-refractivity contribution is 0.215. The molecule has 0 aliphatic rings. The monoisotopic (exact) mass is 235 g/mol. The lowest BCUT2D eigenvalue weighted by Gasteiger charge is -1.96. The van der Waals surface area contributed by atoms with Crippen LogP contribution in [0.2, 0.25) is 0 Å². The molecular formula is C16H13NO. The van der Waals surface area contributed by atoms with Gasteiger partial charge in [-0.15, -0.1) is 0 Å². The standard InChI is InChI=1S/C16H13NO/c1-18-17-13-16-10-6-5-9-15(16)12-11-14-7-3-2-4-8-14/h2-10,13H,1H3. The summed E-state index contributed by atoms with van der Waals surface area (Å²) >= 11 is 0. The van der Waals surface area contributed by atoms with Crippen molar-refractivity contribution in [1.29, 1.82) is 0 Å². The van der Waals surface area contributed by atoms with E-state index in [1.54, 1.807) is 6.21 Å². The first-order valence-corrected chi connectivity index (χ1v) is 5.63. The Morgan fingerprint density at radius 1 is 0.944 bits per heavy atom. The van der Waals surface area contributed by atoms with Crippen molar-refractivity contribution >= 4 is 6.21 Å². The average Bonchev–Trinajstić information content (AvgIpc) is 2.45. The van der Waals surface area contributed by atoms with Crippen LogP contribution in [0, 0.1) is 11.8 Å². The van der Waals surface area contributed by atoms with Gasteiger partial charge in [-0.1, -0.05) is 53.4 Å². The van der Waals surface area contributed by atoms with Crippen LogP contribution in [0.1, 0.15) is 16.7 Å². The van der Waals surface area contributed by atoms with E-state index < -0.39 is 0 Å². The molecule has 2 heteroatoms. The number of hydrogen-bond acceptors (Lipinski definition) is 2. The fourth-order valence-corrected chi connectivity index (χ4v) is 1.49. The van der Waals surface area contributed by atoms with Crippen molar-refractivity contribution in [2.75, 3.05) is 7.11 Å². The number of oxime groups is 1. The van der Waals surface area contributed by atoms with E-state index in [4.69, 9.17) is 0 Å². The van der Waals surface area contributed by atoms with E-state index in [2.05, 4.69) is 21.8 Å². The van der Waals surface area contributed by atoms with Gasteiger partial charge in [0.2, 0.25) is 0 Å². The van der Waals surface area contributed by atoms with E-state index in [1.165, 1.54) is 7.11 Å². The summed E-state index contributed by atoms with van der Waals surface area (Å²) in [5.74, 6) is 6.27. The summed E-state index contributed by atoms with van der Waals surface area (Å²) in [6.45, 7) is 0. The summed E-state index contributed by atoms with van der Waals surface area (Å²) in [5, 5.41) is 3.76. The lowest BCUT2D eigenvalue weighted by atomic mass is 10.1. The van der Waals surface area contributed by atoms with E-state index in [0.29, 0.717) is 0 Å². The van der Waals surface area contributed by atoms with Crippen LogP contribution in [0.5, 0.6) is 0 Å². The topological polar surface area (TPSA) is 21.6 Å². The normalized spacial score (nSPS) is 9.83. The summed E-state index contributed by atoms with van der Waals surface area (Å²) in [7, 11) is 1.52. The van der Waals surface area contributed by atoms with Gasteiger partial charge in [0.15, 0.2) is 0 Å². The van der Waals surface area contributed by atoms with Crippen molar-refractivity contribution in [2.24, 2.45) is 5.16 Å². The Hall–Kier alpha value is -2.53. The average molecular weight is 235 g/mol. The van der Waals surface area contributed by atoms with Gasteiger partial charge < -0.3 is 4.84 Å². The Balaban J connectivity index is 2.30. The second-order valence-electron chi connectivity index (χ2n) is 3.62. The Bertz CT molecular complexity index is 591. The van der Waals surface area contributed by atoms with Gasteiger partial charge in [-0.3, -0.25) is 0 Å². The van der Waals surface area contributed by atoms with E-state index in [9.17, 15) is 0 Å². The quantitative estimate of drug-likeness (QED) is 0.445. The molecule has 0 amide bonds. The second-order valence-corrected chi connectivity index (χ2v) is 3.62. The molecule has 0 saturated carbocycles. The predicted molar refractivity (Wildman–Crippen MR) is 73.5 cm³/mol. The number of hydrogen-bond donors (Lipinski definition) is 0. The maximum absolute atomic E-state index is 4.68. The van der Waals surface area contributed by atoms with E-state index in [1.807, 2.05) is 54.6 Å². The van der Waals surface area contributed by atoms with Gasteiger partial charge in [0.05, 0.1) is 6.21 Å². The third-order valence-corrected chi connectivity index (χ3v) is 2.37. The fourth-order valence-electron chi connectivity index (χ4n) is 1.49. The highest BCUT2D eigenvalue weighted by molar-refractivity contribution is 5.83. The minimum absolute atomic E-state index is 0.933. The Kier molecular flexibility index (Phi) is 4.16. The van der Waals surface area contributed by atoms with Crippen LogP contribution in [-0.4, -0.2) is 13.3 Å². The molecule has 0 saturated heterocycles. The van der Waals surface area contributed by atoms with Crippen LogP contribution in [0.3, 0.4) is 0 Å². The van der Waals surface area contributed by atoms with Crippen LogP contribution in [0.15, 0.2) is 59.8 Å². The molecule has 0 N–H and O–H groups in total. The van der Waals surface area contributed by atoms with E-state index >= 15 is 0 Å². The number of rotatable bonds is 2. The summed E-state index contributed by atoms with van der Waals surface area (Å²) in [4.78, 5) is 4.68. The van der Waals surface area contributed by atoms with Gasteiger partial charge in [-0.25, -0.2) is 0 Å². The van der Waals surface area contributed by atoms with Crippen LogP contribution in [0.25, 0.3) is 0 Å². The van der Waals surface area contributed by atoms with Crippen molar-refractivity contribution in [3.63, 3.8) is 0 Å². The summed E-state index contributed by atoms with van der Waals surface area (Å²) in [6, 6.07) is 17.7. The Morgan fingerprint density at radius 3 is 2.44 bits per heavy atom. The van der Waals surface area contributed by atoms with Gasteiger partial charge in [0.1, 0.15) is 7.11 Å². The Morgan fingerprint density at radius 2 is 1.67 bits per heavy atom. The Labute approximate surface area is 107 Å². The highest BCUT2D eigenvalue weighted by Gasteiger charge is 1.95. The van der Waals surface area contributed by atoms with Crippen LogP contribution < -0.4 is 0 Å². The summed E-state index contributed by atoms with van der Waals surface area (Å²) in [6.07, 6.45) is 1.66. The first-order valence-electron chi connectivity index (χ1n) is 5.63. The molecule has 0 aliphatic heterocycles. The first kappa shape index (κ1) is 11.9. The molecule has 0 aromatic heterocycles. The van der Waals surface area contributed by atoms with Crippen molar-refractivity contribution in [3.8, 4) is 11.8 Å². The van der Waals surface area contributed by atoms with E-state index in [0.717, 1.165) is 16.7 Å². The maximum atomic E-state index is 4.68. The molecule has 0 atom stereocenters. The van der Waals surface area contributed by atoms with Crippen molar-refractivity contribution in [1.82, 2.24) is 0 Å². The van der Waals surface area contributed by atoms with Gasteiger partial charge in [-0.2, -0.15) is 0 Å². The molecule has 0 aliphatic carbocycles. The summed E-state index contributed by atoms with van der Waals surface area (Å²) < 4.78 is 0. The molecule has 2 rings (SSSR count). The molecule has 0 unspecified atom stereocenters. The third-order valence-electron chi connectivity index (χ3n) is 2.37. The number of benzene rings is 2. The highest BCUT2D eigenvalue weighted by Crippen LogP contribution is 2.05. The summed E-state index contributed by atoms with van der Waals surface area (Å²) in [5.41, 5.74) is 2.88. The molecule has 0 bridgehead atoms. The minimum atomic E-state index is 0.933. The van der Waals surface area contributed by atoms with Crippen LogP contribution >= 0.6 is 0 Å². The smallest absolute Gasteiger partial charge is 0.106 e. The molecule has 2 aromatic rings. The van der Waals surface area contributed by atoms with E-state index in [-0.39, 0.29) is 0 Å². The third kappa shape index (κ3) is 3.23. The molecule has 0 radical (unpaired) electrons. The first-order chi connectivity index (χ1) is 8.90. The molecule has 88 valence electrons. The van der Waals surface area contributed by atoms with Crippen molar-refractivity contribution in [2.45, 2.75) is 0 Å². The highest BCUT2D eigenvalue weighted by atomic mass is 16.6. The van der Waals surface area contributed by atoms with Gasteiger partial charge in [0, 0.05) is 16.7 Å². The van der Waals surface area contributed by atoms with Crippen LogP contribution in [0.4, 0.5) is 0 Å². The second kappa shape index (κ2) is 6.27. The fraction of sp³-hybridized carbons (Fsp3) is 0.0625. The molecule has 0 fully saturated rings. The molecule has 2 aromatic carbocycles. The zero-order valence-electron chi connectivity index (χ0n) is 10.1. The maximum Gasteiger partial charge on any atom is 0.106 e. The number of nitrogens with zero attached hydrogens (tertiary/aromatic N) is 1. The van der Waals surface area contributed by atoms with Crippen molar-refractivity contribution < 1.29 is 4.84 Å². The zero-order valence-corrected chi connectivity index (χ0v) is 10.1. The van der Waals surface area contributed by atoms with Crippen LogP contribution in [-0.2, 0) is 4.84 Å². The zero-order chi connectivity index (χ0) is 12.6. The molecule has 0 heterocycles. The molecular weight excluding hydrogens is 222 g/mol. The predicted octanol–water partition coefficient (Wildman–Crippen LogP) is 3.07. The molecule has 2 nitrogen and oxygen atoms in total. The SMILES string of the molecule is CON=Cc1ccccc1C#Cc1ccccc1. The largest absolute Gasteiger partial charge is 0.399 e. The minimum Gasteiger partial charge on any atom is -0.399 e. The van der Waals surface area contributed by atoms with Crippen molar-refractivity contribution in [3.05, 3.63) is 71.3 Å². The molecule has 0 spiro atoms. The van der Waals surface area contributed by atoms with Gasteiger partial charge >= 0.3 is 0 Å².